The predicted octanol–water partition coefficient (Wildman–Crippen LogP) is 1.52. The molecule has 0 aliphatic heterocycles. The third-order valence-corrected chi connectivity index (χ3v) is 1.50. The van der Waals surface area contributed by atoms with Crippen LogP contribution in [0.3, 0.4) is 0 Å². The quantitative estimate of drug-likeness (QED) is 0.572. The van der Waals surface area contributed by atoms with Crippen molar-refractivity contribution < 1.29 is 9.90 Å². The van der Waals surface area contributed by atoms with Crippen molar-refractivity contribution in [1.29, 1.82) is 0 Å². The van der Waals surface area contributed by atoms with E-state index in [0.29, 0.717) is 5.57 Å². The van der Waals surface area contributed by atoms with Gasteiger partial charge in [0.2, 0.25) is 0 Å². The lowest BCUT2D eigenvalue weighted by molar-refractivity contribution is -0.138. The van der Waals surface area contributed by atoms with Crippen molar-refractivity contribution >= 4 is 5.97 Å². The van der Waals surface area contributed by atoms with Crippen LogP contribution >= 0.6 is 0 Å². The second-order valence-corrected chi connectivity index (χ2v) is 2.19. The van der Waals surface area contributed by atoms with Crippen LogP contribution in [0.1, 0.15) is 0 Å². The van der Waals surface area contributed by atoms with E-state index in [1.54, 1.807) is 24.3 Å². The molecular formula is C9H8O2. The van der Waals surface area contributed by atoms with E-state index in [1.807, 2.05) is 0 Å². The minimum absolute atomic E-state index is 0.572. The molecule has 0 heterocycles. The van der Waals surface area contributed by atoms with Crippen molar-refractivity contribution in [2.75, 3.05) is 0 Å². The monoisotopic (exact) mass is 148 g/mol. The Kier molecular flexibility index (Phi) is 2.09. The average molecular weight is 148 g/mol. The van der Waals surface area contributed by atoms with E-state index in [4.69, 9.17) is 5.11 Å². The summed E-state index contributed by atoms with van der Waals surface area (Å²) in [7, 11) is 0. The molecule has 11 heavy (non-hydrogen) atoms. The third kappa shape index (κ3) is 1.48. The maximum absolute atomic E-state index is 10.5. The Bertz CT molecular complexity index is 278. The number of allylic oxidation sites excluding steroid dienone is 3. The van der Waals surface area contributed by atoms with E-state index < -0.39 is 11.9 Å². The second kappa shape index (κ2) is 3.04. The molecular weight excluding hydrogens is 140 g/mol. The maximum Gasteiger partial charge on any atom is 0.315 e. The molecule has 0 aromatic rings. The zero-order chi connectivity index (χ0) is 8.27. The maximum atomic E-state index is 10.5. The molecule has 1 aliphatic rings. The molecule has 1 aliphatic carbocycles. The highest BCUT2D eigenvalue weighted by atomic mass is 16.4. The van der Waals surface area contributed by atoms with Gasteiger partial charge in [-0.1, -0.05) is 30.9 Å². The Labute approximate surface area is 64.9 Å². The highest BCUT2D eigenvalue weighted by molar-refractivity contribution is 5.77. The van der Waals surface area contributed by atoms with Gasteiger partial charge in [-0.25, -0.2) is 0 Å². The minimum atomic E-state index is -0.864. The standard InChI is InChI=1S/C9H8O2/c1-2-7-5-3-4-6-8(7)9(10)11/h3-6,8H,1H2,(H,10,11). The molecule has 0 aromatic carbocycles. The number of hydrogen-bond acceptors (Lipinski definition) is 1. The largest absolute Gasteiger partial charge is 0.481 e. The summed E-state index contributed by atoms with van der Waals surface area (Å²) in [5.74, 6) is -1.44. The number of carboxylic acid groups (broad SMARTS) is 1. The first-order chi connectivity index (χ1) is 5.25. The van der Waals surface area contributed by atoms with Crippen LogP contribution in [0, 0.1) is 5.92 Å². The summed E-state index contributed by atoms with van der Waals surface area (Å²) in [6, 6.07) is 0. The van der Waals surface area contributed by atoms with Crippen molar-refractivity contribution in [2.45, 2.75) is 0 Å². The first-order valence-electron chi connectivity index (χ1n) is 3.23. The number of carboxylic acids is 1. The molecule has 0 saturated carbocycles. The molecule has 0 spiro atoms. The van der Waals surface area contributed by atoms with Crippen LogP contribution in [0.4, 0.5) is 0 Å². The molecule has 0 bridgehead atoms. The molecule has 1 N–H and O–H groups in total. The van der Waals surface area contributed by atoms with Crippen LogP contribution in [0.2, 0.25) is 0 Å². The molecule has 56 valence electrons. The van der Waals surface area contributed by atoms with E-state index in [1.165, 1.54) is 0 Å². The van der Waals surface area contributed by atoms with Crippen molar-refractivity contribution in [3.63, 3.8) is 0 Å². The van der Waals surface area contributed by atoms with Crippen LogP contribution in [0.5, 0.6) is 0 Å². The zero-order valence-corrected chi connectivity index (χ0v) is 5.95. The molecule has 1 rings (SSSR count). The molecule has 0 radical (unpaired) electrons. The summed E-state index contributed by atoms with van der Waals surface area (Å²) in [5.41, 5.74) is 3.19. The SMILES string of the molecule is C=C=C1C=CC=CC1C(=O)O. The number of carbonyl (C=O) groups is 1. The van der Waals surface area contributed by atoms with Gasteiger partial charge in [-0.2, -0.15) is 0 Å². The summed E-state index contributed by atoms with van der Waals surface area (Å²) < 4.78 is 0. The van der Waals surface area contributed by atoms with Crippen molar-refractivity contribution in [3.8, 4) is 0 Å². The van der Waals surface area contributed by atoms with Gasteiger partial charge in [0, 0.05) is 5.57 Å². The summed E-state index contributed by atoms with van der Waals surface area (Å²) in [6.07, 6.45) is 6.79. The van der Waals surface area contributed by atoms with E-state index in [-0.39, 0.29) is 0 Å². The van der Waals surface area contributed by atoms with Crippen LogP contribution in [0.15, 0.2) is 42.2 Å². The van der Waals surface area contributed by atoms with Crippen LogP contribution < -0.4 is 0 Å². The Balaban J connectivity index is 2.97. The molecule has 0 fully saturated rings. The van der Waals surface area contributed by atoms with Crippen LogP contribution in [-0.2, 0) is 4.79 Å². The Morgan fingerprint density at radius 1 is 1.64 bits per heavy atom. The van der Waals surface area contributed by atoms with Gasteiger partial charge in [0.1, 0.15) is 5.92 Å². The minimum Gasteiger partial charge on any atom is -0.481 e. The first-order valence-corrected chi connectivity index (χ1v) is 3.23. The van der Waals surface area contributed by atoms with Gasteiger partial charge in [0.05, 0.1) is 0 Å². The zero-order valence-electron chi connectivity index (χ0n) is 5.95. The highest BCUT2D eigenvalue weighted by Crippen LogP contribution is 2.17. The summed E-state index contributed by atoms with van der Waals surface area (Å²) in [5, 5.41) is 8.67. The highest BCUT2D eigenvalue weighted by Gasteiger charge is 2.17. The number of aliphatic carboxylic acids is 1. The lowest BCUT2D eigenvalue weighted by Crippen LogP contribution is -2.13. The van der Waals surface area contributed by atoms with Gasteiger partial charge in [0.15, 0.2) is 0 Å². The van der Waals surface area contributed by atoms with Gasteiger partial charge in [-0.15, -0.1) is 5.73 Å². The van der Waals surface area contributed by atoms with E-state index in [0.717, 1.165) is 0 Å². The topological polar surface area (TPSA) is 37.3 Å². The first kappa shape index (κ1) is 7.58. The lowest BCUT2D eigenvalue weighted by Gasteiger charge is -2.08. The van der Waals surface area contributed by atoms with Crippen molar-refractivity contribution in [3.05, 3.63) is 42.2 Å². The number of hydrogen-bond donors (Lipinski definition) is 1. The van der Waals surface area contributed by atoms with E-state index >= 15 is 0 Å². The number of rotatable bonds is 1. The molecule has 0 amide bonds. The summed E-state index contributed by atoms with van der Waals surface area (Å²) in [6.45, 7) is 3.41. The van der Waals surface area contributed by atoms with Crippen LogP contribution in [-0.4, -0.2) is 11.1 Å². The van der Waals surface area contributed by atoms with E-state index in [2.05, 4.69) is 12.3 Å². The van der Waals surface area contributed by atoms with Gasteiger partial charge >= 0.3 is 5.97 Å². The normalized spacial score (nSPS) is 21.5. The fourth-order valence-electron chi connectivity index (χ4n) is 0.926. The predicted molar refractivity (Wildman–Crippen MR) is 42.1 cm³/mol. The molecule has 1 atom stereocenters. The van der Waals surface area contributed by atoms with Crippen molar-refractivity contribution in [1.82, 2.24) is 0 Å². The Morgan fingerprint density at radius 2 is 2.36 bits per heavy atom. The fraction of sp³-hybridized carbons (Fsp3) is 0.111. The van der Waals surface area contributed by atoms with Gasteiger partial charge < -0.3 is 5.11 Å². The Hall–Kier alpha value is -1.53. The van der Waals surface area contributed by atoms with Crippen LogP contribution in [0.25, 0.3) is 0 Å². The van der Waals surface area contributed by atoms with Gasteiger partial charge in [-0.05, 0) is 0 Å². The smallest absolute Gasteiger partial charge is 0.315 e. The second-order valence-electron chi connectivity index (χ2n) is 2.19. The third-order valence-electron chi connectivity index (χ3n) is 1.50. The van der Waals surface area contributed by atoms with Gasteiger partial charge in [0.25, 0.3) is 0 Å². The van der Waals surface area contributed by atoms with E-state index in [9.17, 15) is 4.79 Å². The lowest BCUT2D eigenvalue weighted by atomic mass is 9.96. The Morgan fingerprint density at radius 3 is 2.82 bits per heavy atom. The van der Waals surface area contributed by atoms with Gasteiger partial charge in [-0.3, -0.25) is 4.79 Å². The summed E-state index contributed by atoms with van der Waals surface area (Å²) >= 11 is 0. The summed E-state index contributed by atoms with van der Waals surface area (Å²) in [4.78, 5) is 10.5. The van der Waals surface area contributed by atoms with Crippen molar-refractivity contribution in [2.24, 2.45) is 5.92 Å². The molecule has 0 saturated heterocycles. The molecule has 2 heteroatoms. The molecule has 2 nitrogen and oxygen atoms in total. The molecule has 1 unspecified atom stereocenters. The average Bonchev–Trinajstić information content (AvgIpc) is 2.04. The molecule has 0 aromatic heterocycles. The fourth-order valence-corrected chi connectivity index (χ4v) is 0.926.